The number of nitrogens with two attached hydrogens (primary N) is 1. The van der Waals surface area contributed by atoms with Gasteiger partial charge in [0.15, 0.2) is 0 Å². The minimum atomic E-state index is -3.77. The summed E-state index contributed by atoms with van der Waals surface area (Å²) < 4.78 is 40.8. The maximum absolute atomic E-state index is 13.2. The van der Waals surface area contributed by atoms with E-state index in [0.29, 0.717) is 16.8 Å². The normalized spacial score (nSPS) is 11.4. The van der Waals surface area contributed by atoms with Crippen LogP contribution in [0.25, 0.3) is 0 Å². The van der Waals surface area contributed by atoms with Crippen molar-refractivity contribution in [2.24, 2.45) is 0 Å². The van der Waals surface area contributed by atoms with E-state index >= 15 is 0 Å². The van der Waals surface area contributed by atoms with Gasteiger partial charge in [0.25, 0.3) is 10.0 Å². The molecule has 0 bridgehead atoms. The molecule has 0 aliphatic carbocycles. The van der Waals surface area contributed by atoms with Crippen molar-refractivity contribution in [3.8, 4) is 0 Å². The van der Waals surface area contributed by atoms with E-state index in [1.807, 2.05) is 0 Å². The topological polar surface area (TPSA) is 72.2 Å². The number of anilines is 2. The average molecular weight is 373 g/mol. The standard InChI is InChI=1S/C14H14BrFN2O2S/c1-8-5-10(17)6-9(2)14(8)21(19,20)18-11-3-4-13(16)12(15)7-11/h3-7,18H,17H2,1-2H3. The van der Waals surface area contributed by atoms with E-state index in [9.17, 15) is 12.8 Å². The van der Waals surface area contributed by atoms with Crippen molar-refractivity contribution in [1.29, 1.82) is 0 Å². The largest absolute Gasteiger partial charge is 0.399 e. The van der Waals surface area contributed by atoms with Crippen LogP contribution in [0.5, 0.6) is 0 Å². The Kier molecular flexibility index (Phi) is 4.25. The molecule has 0 aliphatic heterocycles. The third-order valence-corrected chi connectivity index (χ3v) is 5.22. The van der Waals surface area contributed by atoms with Crippen LogP contribution in [0.15, 0.2) is 39.7 Å². The summed E-state index contributed by atoms with van der Waals surface area (Å²) in [6.07, 6.45) is 0. The van der Waals surface area contributed by atoms with E-state index in [0.717, 1.165) is 0 Å². The summed E-state index contributed by atoms with van der Waals surface area (Å²) in [6.45, 7) is 3.36. The van der Waals surface area contributed by atoms with Crippen molar-refractivity contribution in [1.82, 2.24) is 0 Å². The Labute approximate surface area is 131 Å². The highest BCUT2D eigenvalue weighted by Gasteiger charge is 2.20. The minimum absolute atomic E-state index is 0.178. The molecule has 0 spiro atoms. The fraction of sp³-hybridized carbons (Fsp3) is 0.143. The number of rotatable bonds is 3. The van der Waals surface area contributed by atoms with Crippen LogP contribution in [0, 0.1) is 19.7 Å². The zero-order chi connectivity index (χ0) is 15.8. The number of halogens is 2. The lowest BCUT2D eigenvalue weighted by atomic mass is 10.1. The third-order valence-electron chi connectivity index (χ3n) is 2.92. The molecular weight excluding hydrogens is 359 g/mol. The molecule has 0 saturated carbocycles. The van der Waals surface area contributed by atoms with Crippen LogP contribution in [0.3, 0.4) is 0 Å². The number of benzene rings is 2. The van der Waals surface area contributed by atoms with Gasteiger partial charge in [0.1, 0.15) is 5.82 Å². The molecule has 0 aliphatic rings. The van der Waals surface area contributed by atoms with Gasteiger partial charge in [0, 0.05) is 5.69 Å². The van der Waals surface area contributed by atoms with Crippen molar-refractivity contribution >= 4 is 37.3 Å². The Hall–Kier alpha value is -1.60. The van der Waals surface area contributed by atoms with E-state index in [1.165, 1.54) is 18.2 Å². The number of hydrogen-bond acceptors (Lipinski definition) is 3. The van der Waals surface area contributed by atoms with Gasteiger partial charge in [-0.05, 0) is 71.2 Å². The predicted octanol–water partition coefficient (Wildman–Crippen LogP) is 3.59. The second kappa shape index (κ2) is 5.65. The van der Waals surface area contributed by atoms with Gasteiger partial charge < -0.3 is 5.73 Å². The molecule has 21 heavy (non-hydrogen) atoms. The monoisotopic (exact) mass is 372 g/mol. The van der Waals surface area contributed by atoms with Crippen LogP contribution >= 0.6 is 15.9 Å². The van der Waals surface area contributed by atoms with Crippen molar-refractivity contribution in [2.45, 2.75) is 18.7 Å². The molecule has 0 fully saturated rings. The molecule has 0 heterocycles. The first-order valence-corrected chi connectivity index (χ1v) is 8.33. The second-order valence-electron chi connectivity index (χ2n) is 4.72. The number of nitrogens with one attached hydrogen (secondary N) is 1. The zero-order valence-corrected chi connectivity index (χ0v) is 13.8. The number of hydrogen-bond donors (Lipinski definition) is 2. The van der Waals surface area contributed by atoms with Gasteiger partial charge in [-0.15, -0.1) is 0 Å². The predicted molar refractivity (Wildman–Crippen MR) is 85.2 cm³/mol. The van der Waals surface area contributed by atoms with E-state index in [1.54, 1.807) is 26.0 Å². The Morgan fingerprint density at radius 3 is 2.24 bits per heavy atom. The van der Waals surface area contributed by atoms with Crippen molar-refractivity contribution in [2.75, 3.05) is 10.5 Å². The van der Waals surface area contributed by atoms with E-state index in [4.69, 9.17) is 5.73 Å². The van der Waals surface area contributed by atoms with Crippen LogP contribution in [-0.2, 0) is 10.0 Å². The molecule has 2 aromatic rings. The van der Waals surface area contributed by atoms with Crippen LogP contribution < -0.4 is 10.5 Å². The fourth-order valence-corrected chi connectivity index (χ4v) is 4.06. The highest BCUT2D eigenvalue weighted by atomic mass is 79.9. The van der Waals surface area contributed by atoms with Gasteiger partial charge in [0.05, 0.1) is 15.1 Å². The fourth-order valence-electron chi connectivity index (χ4n) is 2.17. The third kappa shape index (κ3) is 3.36. The lowest BCUT2D eigenvalue weighted by Crippen LogP contribution is -2.16. The highest BCUT2D eigenvalue weighted by molar-refractivity contribution is 9.10. The summed E-state index contributed by atoms with van der Waals surface area (Å²) in [5.41, 5.74) is 7.60. The molecular formula is C14H14BrFN2O2S. The summed E-state index contributed by atoms with van der Waals surface area (Å²) in [4.78, 5) is 0.178. The SMILES string of the molecule is Cc1cc(N)cc(C)c1S(=O)(=O)Nc1ccc(F)c(Br)c1. The molecule has 112 valence electrons. The van der Waals surface area contributed by atoms with Gasteiger partial charge >= 0.3 is 0 Å². The maximum atomic E-state index is 13.2. The van der Waals surface area contributed by atoms with E-state index < -0.39 is 15.8 Å². The summed E-state index contributed by atoms with van der Waals surface area (Å²) in [5.74, 6) is -0.460. The van der Waals surface area contributed by atoms with Gasteiger partial charge in [-0.3, -0.25) is 4.72 Å². The molecule has 0 unspecified atom stereocenters. The maximum Gasteiger partial charge on any atom is 0.262 e. The van der Waals surface area contributed by atoms with Crippen molar-refractivity contribution in [3.05, 3.63) is 51.7 Å². The summed E-state index contributed by atoms with van der Waals surface area (Å²) >= 11 is 3.02. The molecule has 4 nitrogen and oxygen atoms in total. The summed E-state index contributed by atoms with van der Waals surface area (Å²) in [6, 6.07) is 7.11. The molecule has 0 atom stereocenters. The second-order valence-corrected chi connectivity index (χ2v) is 7.19. The molecule has 2 aromatic carbocycles. The van der Waals surface area contributed by atoms with E-state index in [-0.39, 0.29) is 15.1 Å². The number of nitrogen functional groups attached to an aromatic ring is 1. The van der Waals surface area contributed by atoms with Gasteiger partial charge in [-0.2, -0.15) is 0 Å². The summed E-state index contributed by atoms with van der Waals surface area (Å²) in [7, 11) is -3.77. The molecule has 3 N–H and O–H groups in total. The van der Waals surface area contributed by atoms with Crippen LogP contribution in [0.4, 0.5) is 15.8 Å². The molecule has 0 aromatic heterocycles. The molecule has 2 rings (SSSR count). The quantitative estimate of drug-likeness (QED) is 0.808. The Bertz CT molecular complexity index is 784. The molecule has 0 radical (unpaired) electrons. The summed E-state index contributed by atoms with van der Waals surface area (Å²) in [5, 5.41) is 0. The Morgan fingerprint density at radius 1 is 1.14 bits per heavy atom. The first kappa shape index (κ1) is 15.8. The Morgan fingerprint density at radius 2 is 1.71 bits per heavy atom. The van der Waals surface area contributed by atoms with Gasteiger partial charge in [-0.1, -0.05) is 0 Å². The molecule has 0 saturated heterocycles. The minimum Gasteiger partial charge on any atom is -0.399 e. The molecule has 0 amide bonds. The van der Waals surface area contributed by atoms with Crippen LogP contribution in [0.2, 0.25) is 0 Å². The van der Waals surface area contributed by atoms with Crippen molar-refractivity contribution in [3.63, 3.8) is 0 Å². The average Bonchev–Trinajstić information content (AvgIpc) is 2.31. The Balaban J connectivity index is 2.46. The zero-order valence-electron chi connectivity index (χ0n) is 11.4. The van der Waals surface area contributed by atoms with Gasteiger partial charge in [-0.25, -0.2) is 12.8 Å². The van der Waals surface area contributed by atoms with E-state index in [2.05, 4.69) is 20.7 Å². The first-order valence-electron chi connectivity index (χ1n) is 6.05. The number of sulfonamides is 1. The highest BCUT2D eigenvalue weighted by Crippen LogP contribution is 2.27. The first-order chi connectivity index (χ1) is 9.70. The van der Waals surface area contributed by atoms with Gasteiger partial charge in [0.2, 0.25) is 0 Å². The van der Waals surface area contributed by atoms with Crippen molar-refractivity contribution < 1.29 is 12.8 Å². The number of aryl methyl sites for hydroxylation is 2. The lowest BCUT2D eigenvalue weighted by Gasteiger charge is -2.14. The lowest BCUT2D eigenvalue weighted by molar-refractivity contribution is 0.599. The smallest absolute Gasteiger partial charge is 0.262 e. The van der Waals surface area contributed by atoms with Crippen LogP contribution in [0.1, 0.15) is 11.1 Å². The molecule has 7 heteroatoms. The van der Waals surface area contributed by atoms with Crippen LogP contribution in [-0.4, -0.2) is 8.42 Å².